The summed E-state index contributed by atoms with van der Waals surface area (Å²) in [6, 6.07) is 15.2. The summed E-state index contributed by atoms with van der Waals surface area (Å²) in [7, 11) is 1.77. The van der Waals surface area contributed by atoms with Crippen molar-refractivity contribution in [3.63, 3.8) is 0 Å². The number of nitrogen functional groups attached to an aromatic ring is 1. The lowest BCUT2D eigenvalue weighted by Crippen LogP contribution is -2.26. The predicted octanol–water partition coefficient (Wildman–Crippen LogP) is 2.42. The Labute approximate surface area is 122 Å². The molecule has 0 bridgehead atoms. The second-order valence-electron chi connectivity index (χ2n) is 5.02. The van der Waals surface area contributed by atoms with Crippen LogP contribution in [0.3, 0.4) is 0 Å². The van der Waals surface area contributed by atoms with Crippen molar-refractivity contribution in [2.45, 2.75) is 6.54 Å². The first-order valence-corrected chi connectivity index (χ1v) is 6.68. The number of aromatic nitrogens is 2. The highest BCUT2D eigenvalue weighted by molar-refractivity contribution is 6.05. The fourth-order valence-corrected chi connectivity index (χ4v) is 2.30. The Bertz CT molecular complexity index is 779. The SMILES string of the molecule is CN(Cc1ccccc1)C(=O)c1n[nH]c2ccc(N)cc12. The second-order valence-corrected chi connectivity index (χ2v) is 5.02. The number of carbonyl (C=O) groups excluding carboxylic acids is 1. The number of carbonyl (C=O) groups is 1. The molecule has 3 aromatic rings. The summed E-state index contributed by atoms with van der Waals surface area (Å²) in [5.74, 6) is -0.129. The molecule has 3 N–H and O–H groups in total. The van der Waals surface area contributed by atoms with Crippen LogP contribution in [0.2, 0.25) is 0 Å². The number of hydrogen-bond acceptors (Lipinski definition) is 3. The van der Waals surface area contributed by atoms with Crippen LogP contribution in [0, 0.1) is 0 Å². The van der Waals surface area contributed by atoms with Crippen molar-refractivity contribution < 1.29 is 4.79 Å². The molecule has 1 heterocycles. The zero-order valence-corrected chi connectivity index (χ0v) is 11.7. The third-order valence-electron chi connectivity index (χ3n) is 3.40. The van der Waals surface area contributed by atoms with E-state index in [0.717, 1.165) is 16.5 Å². The van der Waals surface area contributed by atoms with E-state index in [-0.39, 0.29) is 5.91 Å². The maximum absolute atomic E-state index is 12.5. The maximum atomic E-state index is 12.5. The number of H-pyrrole nitrogens is 1. The van der Waals surface area contributed by atoms with Crippen LogP contribution in [0.15, 0.2) is 48.5 Å². The molecule has 1 aromatic heterocycles. The van der Waals surface area contributed by atoms with Crippen molar-refractivity contribution in [1.29, 1.82) is 0 Å². The number of nitrogens with zero attached hydrogens (tertiary/aromatic N) is 2. The fourth-order valence-electron chi connectivity index (χ4n) is 2.30. The lowest BCUT2D eigenvalue weighted by Gasteiger charge is -2.16. The summed E-state index contributed by atoms with van der Waals surface area (Å²) in [5.41, 5.74) is 8.68. The van der Waals surface area contributed by atoms with Gasteiger partial charge in [-0.05, 0) is 23.8 Å². The molecule has 0 saturated heterocycles. The number of benzene rings is 2. The van der Waals surface area contributed by atoms with Crippen molar-refractivity contribution in [2.24, 2.45) is 0 Å². The van der Waals surface area contributed by atoms with Crippen molar-refractivity contribution in [1.82, 2.24) is 15.1 Å². The summed E-state index contributed by atoms with van der Waals surface area (Å²) in [4.78, 5) is 14.2. The summed E-state index contributed by atoms with van der Waals surface area (Å²) in [6.07, 6.45) is 0. The van der Waals surface area contributed by atoms with E-state index in [1.807, 2.05) is 36.4 Å². The highest BCUT2D eigenvalue weighted by atomic mass is 16.2. The second kappa shape index (κ2) is 5.28. The molecule has 0 spiro atoms. The molecule has 0 aliphatic carbocycles. The van der Waals surface area contributed by atoms with Gasteiger partial charge in [-0.2, -0.15) is 5.10 Å². The van der Waals surface area contributed by atoms with Gasteiger partial charge in [0.1, 0.15) is 0 Å². The molecule has 0 unspecified atom stereocenters. The molecular weight excluding hydrogens is 264 g/mol. The van der Waals surface area contributed by atoms with E-state index in [1.165, 1.54) is 0 Å². The third-order valence-corrected chi connectivity index (χ3v) is 3.40. The van der Waals surface area contributed by atoms with Gasteiger partial charge >= 0.3 is 0 Å². The van der Waals surface area contributed by atoms with E-state index in [2.05, 4.69) is 10.2 Å². The van der Waals surface area contributed by atoms with Crippen LogP contribution in [-0.4, -0.2) is 28.1 Å². The van der Waals surface area contributed by atoms with Gasteiger partial charge < -0.3 is 10.6 Å². The van der Waals surface area contributed by atoms with Gasteiger partial charge in [-0.15, -0.1) is 0 Å². The first-order valence-electron chi connectivity index (χ1n) is 6.68. The highest BCUT2D eigenvalue weighted by Crippen LogP contribution is 2.20. The average Bonchev–Trinajstić information content (AvgIpc) is 2.90. The van der Waals surface area contributed by atoms with Crippen LogP contribution in [-0.2, 0) is 6.54 Å². The molecule has 2 aromatic carbocycles. The number of nitrogens with one attached hydrogen (secondary N) is 1. The van der Waals surface area contributed by atoms with Crippen molar-refractivity contribution in [3.05, 3.63) is 59.8 Å². The molecule has 0 saturated carbocycles. The van der Waals surface area contributed by atoms with E-state index in [0.29, 0.717) is 17.9 Å². The summed E-state index contributed by atoms with van der Waals surface area (Å²) >= 11 is 0. The number of rotatable bonds is 3. The fraction of sp³-hybridized carbons (Fsp3) is 0.125. The summed E-state index contributed by atoms with van der Waals surface area (Å²) in [6.45, 7) is 0.538. The van der Waals surface area contributed by atoms with E-state index in [4.69, 9.17) is 5.73 Å². The number of amides is 1. The standard InChI is InChI=1S/C16H16N4O/c1-20(10-11-5-3-2-4-6-11)16(21)15-13-9-12(17)7-8-14(13)18-19-15/h2-9H,10,17H2,1H3,(H,18,19). The van der Waals surface area contributed by atoms with Gasteiger partial charge in [-0.25, -0.2) is 0 Å². The van der Waals surface area contributed by atoms with Gasteiger partial charge in [0.15, 0.2) is 5.69 Å². The molecule has 0 radical (unpaired) electrons. The first-order chi connectivity index (χ1) is 10.1. The van der Waals surface area contributed by atoms with Crippen molar-refractivity contribution in [3.8, 4) is 0 Å². The monoisotopic (exact) mass is 280 g/mol. The number of anilines is 1. The molecule has 106 valence electrons. The topological polar surface area (TPSA) is 75.0 Å². The maximum Gasteiger partial charge on any atom is 0.275 e. The molecule has 0 atom stereocenters. The largest absolute Gasteiger partial charge is 0.399 e. The van der Waals surface area contributed by atoms with E-state index >= 15 is 0 Å². The Morgan fingerprint density at radius 1 is 1.24 bits per heavy atom. The summed E-state index contributed by atoms with van der Waals surface area (Å²) in [5, 5.41) is 7.74. The Hall–Kier alpha value is -2.82. The van der Waals surface area contributed by atoms with Crippen LogP contribution in [0.4, 0.5) is 5.69 Å². The van der Waals surface area contributed by atoms with Gasteiger partial charge in [0.05, 0.1) is 5.52 Å². The van der Waals surface area contributed by atoms with Crippen LogP contribution in [0.1, 0.15) is 16.1 Å². The molecule has 0 aliphatic heterocycles. The number of aromatic amines is 1. The Morgan fingerprint density at radius 3 is 2.76 bits per heavy atom. The highest BCUT2D eigenvalue weighted by Gasteiger charge is 2.18. The van der Waals surface area contributed by atoms with Gasteiger partial charge in [-0.3, -0.25) is 9.89 Å². The van der Waals surface area contributed by atoms with Crippen LogP contribution >= 0.6 is 0 Å². The van der Waals surface area contributed by atoms with E-state index < -0.39 is 0 Å². The zero-order chi connectivity index (χ0) is 14.8. The Morgan fingerprint density at radius 2 is 2.00 bits per heavy atom. The minimum absolute atomic E-state index is 0.129. The van der Waals surface area contributed by atoms with Gasteiger partial charge in [0.25, 0.3) is 5.91 Å². The normalized spacial score (nSPS) is 10.7. The van der Waals surface area contributed by atoms with Gasteiger partial charge in [0, 0.05) is 24.7 Å². The average molecular weight is 280 g/mol. The van der Waals surface area contributed by atoms with Crippen molar-refractivity contribution >= 4 is 22.5 Å². The van der Waals surface area contributed by atoms with Crippen LogP contribution < -0.4 is 5.73 Å². The Kier molecular flexibility index (Phi) is 3.31. The molecule has 5 heteroatoms. The first kappa shape index (κ1) is 13.2. The lowest BCUT2D eigenvalue weighted by molar-refractivity contribution is 0.0781. The third kappa shape index (κ3) is 2.58. The van der Waals surface area contributed by atoms with Crippen molar-refractivity contribution in [2.75, 3.05) is 12.8 Å². The van der Waals surface area contributed by atoms with Crippen LogP contribution in [0.25, 0.3) is 10.9 Å². The predicted molar refractivity (Wildman–Crippen MR) is 82.7 cm³/mol. The van der Waals surface area contributed by atoms with Crippen LogP contribution in [0.5, 0.6) is 0 Å². The van der Waals surface area contributed by atoms with Gasteiger partial charge in [-0.1, -0.05) is 30.3 Å². The number of hydrogen-bond donors (Lipinski definition) is 2. The molecule has 5 nitrogen and oxygen atoms in total. The zero-order valence-electron chi connectivity index (χ0n) is 11.7. The van der Waals surface area contributed by atoms with E-state index in [9.17, 15) is 4.79 Å². The minimum atomic E-state index is -0.129. The smallest absolute Gasteiger partial charge is 0.275 e. The minimum Gasteiger partial charge on any atom is -0.399 e. The molecule has 1 amide bonds. The van der Waals surface area contributed by atoms with Gasteiger partial charge in [0.2, 0.25) is 0 Å². The molecule has 21 heavy (non-hydrogen) atoms. The molecule has 0 fully saturated rings. The Balaban J connectivity index is 1.88. The lowest BCUT2D eigenvalue weighted by atomic mass is 10.1. The quantitative estimate of drug-likeness (QED) is 0.723. The molecule has 0 aliphatic rings. The molecular formula is C16H16N4O. The number of nitrogens with two attached hydrogens (primary N) is 1. The number of fused-ring (bicyclic) bond motifs is 1. The van der Waals surface area contributed by atoms with E-state index in [1.54, 1.807) is 24.1 Å². The molecule has 3 rings (SSSR count). The summed E-state index contributed by atoms with van der Waals surface area (Å²) < 4.78 is 0.